The van der Waals surface area contributed by atoms with Gasteiger partial charge in [-0.2, -0.15) is 0 Å². The van der Waals surface area contributed by atoms with E-state index >= 15 is 0 Å². The quantitative estimate of drug-likeness (QED) is 0.476. The van der Waals surface area contributed by atoms with Crippen LogP contribution in [0.4, 0.5) is 0 Å². The predicted molar refractivity (Wildman–Crippen MR) is 99.2 cm³/mol. The normalized spacial score (nSPS) is 19.4. The molecule has 1 saturated heterocycles. The minimum absolute atomic E-state index is 0.392. The molecule has 3 heterocycles. The molecule has 126 valence electrons. The summed E-state index contributed by atoms with van der Waals surface area (Å²) in [7, 11) is -0.456. The Balaban J connectivity index is 1.78. The van der Waals surface area contributed by atoms with Gasteiger partial charge in [-0.15, -0.1) is 0 Å². The van der Waals surface area contributed by atoms with Gasteiger partial charge in [0.1, 0.15) is 11.2 Å². The van der Waals surface area contributed by atoms with Crippen molar-refractivity contribution in [2.75, 3.05) is 0 Å². The van der Waals surface area contributed by atoms with Crippen LogP contribution in [0.1, 0.15) is 27.7 Å². The lowest BCUT2D eigenvalue weighted by Crippen LogP contribution is -2.41. The molecule has 4 nitrogen and oxygen atoms in total. The van der Waals surface area contributed by atoms with Crippen LogP contribution in [0.5, 0.6) is 0 Å². The fourth-order valence-corrected chi connectivity index (χ4v) is 3.44. The number of fused-ring (bicyclic) bond motifs is 5. The van der Waals surface area contributed by atoms with E-state index in [0.29, 0.717) is 0 Å². The zero-order valence-electron chi connectivity index (χ0n) is 14.8. The molecule has 1 aliphatic rings. The second kappa shape index (κ2) is 4.68. The van der Waals surface area contributed by atoms with Crippen LogP contribution in [-0.2, 0) is 9.31 Å². The summed E-state index contributed by atoms with van der Waals surface area (Å²) in [6, 6.07) is 13.8. The van der Waals surface area contributed by atoms with Gasteiger partial charge in [0.25, 0.3) is 0 Å². The maximum atomic E-state index is 6.25. The van der Waals surface area contributed by atoms with Crippen molar-refractivity contribution in [2.24, 2.45) is 0 Å². The zero-order valence-corrected chi connectivity index (χ0v) is 14.8. The average molecular weight is 334 g/mol. The highest BCUT2D eigenvalue weighted by molar-refractivity contribution is 6.65. The molecule has 0 unspecified atom stereocenters. The first-order chi connectivity index (χ1) is 11.9. The minimum Gasteiger partial charge on any atom is -0.452 e. The average Bonchev–Trinajstić information content (AvgIpc) is 3.15. The first-order valence-electron chi connectivity index (χ1n) is 8.56. The molecular formula is C20H19BO4. The Hall–Kier alpha value is -2.24. The van der Waals surface area contributed by atoms with Gasteiger partial charge in [0.15, 0.2) is 11.2 Å². The number of furan rings is 2. The van der Waals surface area contributed by atoms with Gasteiger partial charge in [0.2, 0.25) is 0 Å². The summed E-state index contributed by atoms with van der Waals surface area (Å²) in [6.07, 6.45) is 0. The van der Waals surface area contributed by atoms with Crippen molar-refractivity contribution in [3.05, 3.63) is 42.5 Å². The second-order valence-corrected chi connectivity index (χ2v) is 7.67. The topological polar surface area (TPSA) is 44.7 Å². The van der Waals surface area contributed by atoms with Gasteiger partial charge >= 0.3 is 7.12 Å². The summed E-state index contributed by atoms with van der Waals surface area (Å²) in [5, 5.41) is 1.90. The Morgan fingerprint density at radius 2 is 1.36 bits per heavy atom. The lowest BCUT2D eigenvalue weighted by molar-refractivity contribution is 0.00578. The summed E-state index contributed by atoms with van der Waals surface area (Å²) < 4.78 is 24.7. The highest BCUT2D eigenvalue weighted by Crippen LogP contribution is 2.39. The molecule has 0 N–H and O–H groups in total. The monoisotopic (exact) mass is 334 g/mol. The Bertz CT molecular complexity index is 1100. The van der Waals surface area contributed by atoms with Crippen molar-refractivity contribution in [1.29, 1.82) is 0 Å². The molecule has 0 amide bonds. The van der Waals surface area contributed by atoms with Gasteiger partial charge in [-0.1, -0.05) is 24.3 Å². The van der Waals surface area contributed by atoms with Crippen LogP contribution >= 0.6 is 0 Å². The fourth-order valence-electron chi connectivity index (χ4n) is 3.44. The van der Waals surface area contributed by atoms with E-state index in [0.717, 1.165) is 38.6 Å². The molecule has 2 aromatic heterocycles. The molecule has 5 heteroatoms. The summed E-state index contributed by atoms with van der Waals surface area (Å²) >= 11 is 0. The maximum Gasteiger partial charge on any atom is 0.495 e. The molecular weight excluding hydrogens is 315 g/mol. The number of hydrogen-bond donors (Lipinski definition) is 0. The molecule has 1 fully saturated rings. The van der Waals surface area contributed by atoms with Crippen LogP contribution in [0, 0.1) is 0 Å². The van der Waals surface area contributed by atoms with Crippen LogP contribution in [0.3, 0.4) is 0 Å². The van der Waals surface area contributed by atoms with Gasteiger partial charge < -0.3 is 18.1 Å². The van der Waals surface area contributed by atoms with Crippen molar-refractivity contribution >= 4 is 45.7 Å². The van der Waals surface area contributed by atoms with E-state index in [-0.39, 0.29) is 0 Å². The summed E-state index contributed by atoms with van der Waals surface area (Å²) in [4.78, 5) is 0. The van der Waals surface area contributed by atoms with E-state index in [1.54, 1.807) is 0 Å². The second-order valence-electron chi connectivity index (χ2n) is 7.67. The van der Waals surface area contributed by atoms with Crippen LogP contribution in [0.25, 0.3) is 33.1 Å². The molecule has 0 aliphatic carbocycles. The van der Waals surface area contributed by atoms with Crippen molar-refractivity contribution in [2.45, 2.75) is 38.9 Å². The van der Waals surface area contributed by atoms with Crippen molar-refractivity contribution in [3.8, 4) is 0 Å². The molecule has 25 heavy (non-hydrogen) atoms. The lowest BCUT2D eigenvalue weighted by atomic mass is 9.77. The first-order valence-corrected chi connectivity index (χ1v) is 8.56. The third-order valence-electron chi connectivity index (χ3n) is 5.55. The highest BCUT2D eigenvalue weighted by atomic mass is 16.7. The highest BCUT2D eigenvalue weighted by Gasteiger charge is 2.52. The third kappa shape index (κ3) is 1.97. The molecule has 2 aromatic carbocycles. The Labute approximate surface area is 145 Å². The minimum atomic E-state index is -0.456. The summed E-state index contributed by atoms with van der Waals surface area (Å²) in [5.41, 5.74) is 3.28. The maximum absolute atomic E-state index is 6.25. The van der Waals surface area contributed by atoms with E-state index in [2.05, 4.69) is 27.7 Å². The standard InChI is InChI=1S/C20H19BO4/c1-19(2)20(3,4)25-21(24-19)13-9-7-11-15-16(13)18-17(23-15)12-8-5-6-10-14(12)22-18/h5-11H,1-4H3. The van der Waals surface area contributed by atoms with Gasteiger partial charge in [-0.05, 0) is 51.4 Å². The SMILES string of the molecule is CC1(C)OB(c2cccc3oc4c5ccccc5oc4c23)OC1(C)C. The molecule has 0 spiro atoms. The van der Waals surface area contributed by atoms with E-state index in [1.165, 1.54) is 0 Å². The summed E-state index contributed by atoms with van der Waals surface area (Å²) in [5.74, 6) is 0. The number of benzene rings is 2. The van der Waals surface area contributed by atoms with Crippen molar-refractivity contribution < 1.29 is 18.1 Å². The largest absolute Gasteiger partial charge is 0.495 e. The van der Waals surface area contributed by atoms with Gasteiger partial charge in [0, 0.05) is 0 Å². The van der Waals surface area contributed by atoms with Crippen molar-refractivity contribution in [1.82, 2.24) is 0 Å². The molecule has 5 rings (SSSR count). The predicted octanol–water partition coefficient (Wildman–Crippen LogP) is 4.63. The molecule has 0 bridgehead atoms. The number of hydrogen-bond acceptors (Lipinski definition) is 4. The fraction of sp³-hybridized carbons (Fsp3) is 0.300. The van der Waals surface area contributed by atoms with E-state index < -0.39 is 18.3 Å². The molecule has 0 radical (unpaired) electrons. The van der Waals surface area contributed by atoms with E-state index in [4.69, 9.17) is 18.1 Å². The van der Waals surface area contributed by atoms with Crippen molar-refractivity contribution in [3.63, 3.8) is 0 Å². The number of rotatable bonds is 1. The Kier molecular flexibility index (Phi) is 2.82. The molecule has 1 aliphatic heterocycles. The zero-order chi connectivity index (χ0) is 17.4. The lowest BCUT2D eigenvalue weighted by Gasteiger charge is -2.32. The van der Waals surface area contributed by atoms with Crippen LogP contribution < -0.4 is 5.46 Å². The molecule has 0 atom stereocenters. The van der Waals surface area contributed by atoms with Crippen LogP contribution in [-0.4, -0.2) is 18.3 Å². The van der Waals surface area contributed by atoms with Crippen LogP contribution in [0.2, 0.25) is 0 Å². The third-order valence-corrected chi connectivity index (χ3v) is 5.55. The van der Waals surface area contributed by atoms with Gasteiger partial charge in [-0.25, -0.2) is 0 Å². The van der Waals surface area contributed by atoms with E-state index in [1.807, 2.05) is 42.5 Å². The molecule has 4 aromatic rings. The number of para-hydroxylation sites is 1. The smallest absolute Gasteiger partial charge is 0.452 e. The van der Waals surface area contributed by atoms with Gasteiger partial charge in [-0.3, -0.25) is 0 Å². The Morgan fingerprint density at radius 1 is 0.720 bits per heavy atom. The van der Waals surface area contributed by atoms with Crippen LogP contribution in [0.15, 0.2) is 51.3 Å². The first kappa shape index (κ1) is 15.1. The summed E-state index contributed by atoms with van der Waals surface area (Å²) in [6.45, 7) is 8.22. The Morgan fingerprint density at radius 3 is 2.12 bits per heavy atom. The van der Waals surface area contributed by atoms with Gasteiger partial charge in [0.05, 0.1) is 22.0 Å². The van der Waals surface area contributed by atoms with E-state index in [9.17, 15) is 0 Å². The molecule has 0 saturated carbocycles.